The van der Waals surface area contributed by atoms with Gasteiger partial charge in [-0.05, 0) is 5.92 Å². The van der Waals surface area contributed by atoms with Gasteiger partial charge in [-0.1, -0.05) is 20.3 Å². The second-order valence-corrected chi connectivity index (χ2v) is 6.36. The van der Waals surface area contributed by atoms with Gasteiger partial charge < -0.3 is 5.73 Å². The average Bonchev–Trinajstić information content (AvgIpc) is 2.58. The van der Waals surface area contributed by atoms with Crippen molar-refractivity contribution in [1.29, 1.82) is 0 Å². The Morgan fingerprint density at radius 1 is 1.59 bits per heavy atom. The van der Waals surface area contributed by atoms with Crippen molar-refractivity contribution < 1.29 is 8.42 Å². The predicted octanol–water partition coefficient (Wildman–Crippen LogP) is 0.669. The number of aryl methyl sites for hydroxylation is 1. The Hall–Kier alpha value is -1.08. The van der Waals surface area contributed by atoms with E-state index in [0.29, 0.717) is 12.5 Å². The van der Waals surface area contributed by atoms with Crippen LogP contribution in [0.5, 0.6) is 0 Å². The number of nitrogens with zero attached hydrogens (tertiary/aromatic N) is 3. The van der Waals surface area contributed by atoms with Crippen molar-refractivity contribution >= 4 is 15.8 Å². The Morgan fingerprint density at radius 2 is 2.18 bits per heavy atom. The Balaban J connectivity index is 2.99. The van der Waals surface area contributed by atoms with Crippen LogP contribution in [0.4, 0.5) is 5.82 Å². The highest BCUT2D eigenvalue weighted by molar-refractivity contribution is 7.89. The predicted molar refractivity (Wildman–Crippen MR) is 66.9 cm³/mol. The van der Waals surface area contributed by atoms with Gasteiger partial charge in [0.15, 0.2) is 5.82 Å². The molecule has 6 nitrogen and oxygen atoms in total. The third kappa shape index (κ3) is 2.98. The highest BCUT2D eigenvalue weighted by atomic mass is 32.2. The molecule has 0 saturated carbocycles. The standard InChI is InChI=1S/C10H20N4O2S/c1-5-8(2)6-14(4)17(15,16)9-7-13(3)12-10(9)11/h7-8H,5-6H2,1-4H3,(H2,11,12). The van der Waals surface area contributed by atoms with E-state index >= 15 is 0 Å². The largest absolute Gasteiger partial charge is 0.381 e. The molecule has 0 aliphatic carbocycles. The van der Waals surface area contributed by atoms with E-state index in [-0.39, 0.29) is 10.7 Å². The molecule has 2 N–H and O–H groups in total. The number of aromatic nitrogens is 2. The number of sulfonamides is 1. The summed E-state index contributed by atoms with van der Waals surface area (Å²) in [6.45, 7) is 4.52. The first-order valence-corrected chi connectivity index (χ1v) is 6.98. The molecule has 0 fully saturated rings. The summed E-state index contributed by atoms with van der Waals surface area (Å²) in [4.78, 5) is 0.0748. The van der Waals surface area contributed by atoms with Crippen molar-refractivity contribution in [2.75, 3.05) is 19.3 Å². The lowest BCUT2D eigenvalue weighted by Crippen LogP contribution is -2.31. The van der Waals surface area contributed by atoms with Crippen molar-refractivity contribution in [2.24, 2.45) is 13.0 Å². The number of hydrogen-bond donors (Lipinski definition) is 1. The average molecular weight is 260 g/mol. The second-order valence-electron chi connectivity index (χ2n) is 4.35. The zero-order valence-corrected chi connectivity index (χ0v) is 11.5. The molecule has 0 aliphatic heterocycles. The minimum Gasteiger partial charge on any atom is -0.381 e. The molecular weight excluding hydrogens is 240 g/mol. The third-order valence-corrected chi connectivity index (χ3v) is 4.62. The van der Waals surface area contributed by atoms with E-state index in [1.165, 1.54) is 15.2 Å². The fourth-order valence-corrected chi connectivity index (χ4v) is 2.89. The number of nitrogen functional groups attached to an aromatic ring is 1. The Kier molecular flexibility index (Phi) is 4.16. The molecule has 1 unspecified atom stereocenters. The first-order valence-electron chi connectivity index (χ1n) is 5.54. The first kappa shape index (κ1) is 14.0. The molecule has 0 aromatic carbocycles. The summed E-state index contributed by atoms with van der Waals surface area (Å²) >= 11 is 0. The molecule has 0 spiro atoms. The molecule has 0 aliphatic rings. The number of hydrogen-bond acceptors (Lipinski definition) is 4. The zero-order valence-electron chi connectivity index (χ0n) is 10.7. The van der Waals surface area contributed by atoms with Crippen LogP contribution in [0.3, 0.4) is 0 Å². The molecule has 7 heteroatoms. The van der Waals surface area contributed by atoms with Gasteiger partial charge in [0.25, 0.3) is 0 Å². The van der Waals surface area contributed by atoms with Crippen LogP contribution < -0.4 is 5.73 Å². The van der Waals surface area contributed by atoms with Gasteiger partial charge in [0.1, 0.15) is 4.90 Å². The molecule has 0 bridgehead atoms. The van der Waals surface area contributed by atoms with Gasteiger partial charge >= 0.3 is 0 Å². The lowest BCUT2D eigenvalue weighted by Gasteiger charge is -2.19. The Morgan fingerprint density at radius 3 is 2.59 bits per heavy atom. The van der Waals surface area contributed by atoms with Crippen LogP contribution in [0.25, 0.3) is 0 Å². The van der Waals surface area contributed by atoms with E-state index in [2.05, 4.69) is 5.10 Å². The fraction of sp³-hybridized carbons (Fsp3) is 0.700. The van der Waals surface area contributed by atoms with Crippen LogP contribution in [0.15, 0.2) is 11.1 Å². The number of nitrogens with two attached hydrogens (primary N) is 1. The Bertz CT molecular complexity index is 480. The molecule has 1 aromatic rings. The molecule has 98 valence electrons. The van der Waals surface area contributed by atoms with E-state index in [1.54, 1.807) is 14.1 Å². The maximum Gasteiger partial charge on any atom is 0.248 e. The number of rotatable bonds is 5. The molecule has 0 amide bonds. The summed E-state index contributed by atoms with van der Waals surface area (Å²) in [5, 5.41) is 3.85. The summed E-state index contributed by atoms with van der Waals surface area (Å²) < 4.78 is 27.2. The van der Waals surface area contributed by atoms with E-state index < -0.39 is 10.0 Å². The number of anilines is 1. The minimum atomic E-state index is -3.53. The van der Waals surface area contributed by atoms with E-state index in [0.717, 1.165) is 6.42 Å². The van der Waals surface area contributed by atoms with Crippen LogP contribution in [-0.4, -0.2) is 36.1 Å². The van der Waals surface area contributed by atoms with Crippen molar-refractivity contribution in [3.63, 3.8) is 0 Å². The van der Waals surface area contributed by atoms with Crippen molar-refractivity contribution in [1.82, 2.24) is 14.1 Å². The smallest absolute Gasteiger partial charge is 0.248 e. The van der Waals surface area contributed by atoms with Gasteiger partial charge in [-0.15, -0.1) is 0 Å². The second kappa shape index (κ2) is 5.05. The maximum atomic E-state index is 12.2. The molecule has 17 heavy (non-hydrogen) atoms. The summed E-state index contributed by atoms with van der Waals surface area (Å²) in [5.74, 6) is 0.358. The quantitative estimate of drug-likeness (QED) is 0.843. The van der Waals surface area contributed by atoms with Gasteiger partial charge in [-0.25, -0.2) is 12.7 Å². The summed E-state index contributed by atoms with van der Waals surface area (Å²) in [5.41, 5.74) is 5.59. The topological polar surface area (TPSA) is 81.2 Å². The van der Waals surface area contributed by atoms with Gasteiger partial charge in [-0.2, -0.15) is 5.10 Å². The van der Waals surface area contributed by atoms with Crippen LogP contribution in [-0.2, 0) is 17.1 Å². The fourth-order valence-electron chi connectivity index (χ4n) is 1.52. The summed E-state index contributed by atoms with van der Waals surface area (Å²) in [6.07, 6.45) is 2.36. The molecule has 1 rings (SSSR count). The van der Waals surface area contributed by atoms with Crippen LogP contribution in [0.1, 0.15) is 20.3 Å². The van der Waals surface area contributed by atoms with Crippen molar-refractivity contribution in [2.45, 2.75) is 25.2 Å². The summed E-state index contributed by atoms with van der Waals surface area (Å²) in [7, 11) is -0.323. The van der Waals surface area contributed by atoms with Gasteiger partial charge in [-0.3, -0.25) is 4.68 Å². The molecule has 1 heterocycles. The highest BCUT2D eigenvalue weighted by Gasteiger charge is 2.26. The van der Waals surface area contributed by atoms with E-state index in [1.807, 2.05) is 13.8 Å². The van der Waals surface area contributed by atoms with Crippen molar-refractivity contribution in [3.05, 3.63) is 6.20 Å². The minimum absolute atomic E-state index is 0.0449. The maximum absolute atomic E-state index is 12.2. The first-order chi connectivity index (χ1) is 7.78. The van der Waals surface area contributed by atoms with E-state index in [4.69, 9.17) is 5.73 Å². The lowest BCUT2D eigenvalue weighted by molar-refractivity contribution is 0.394. The van der Waals surface area contributed by atoms with Crippen molar-refractivity contribution in [3.8, 4) is 0 Å². The molecular formula is C10H20N4O2S. The van der Waals surface area contributed by atoms with Gasteiger partial charge in [0, 0.05) is 26.8 Å². The summed E-state index contributed by atoms with van der Waals surface area (Å²) in [6, 6.07) is 0. The Labute approximate surface area is 102 Å². The molecule has 1 atom stereocenters. The molecule has 0 saturated heterocycles. The SMILES string of the molecule is CCC(C)CN(C)S(=O)(=O)c1cn(C)nc1N. The van der Waals surface area contributed by atoms with Crippen LogP contribution in [0, 0.1) is 5.92 Å². The highest BCUT2D eigenvalue weighted by Crippen LogP contribution is 2.20. The molecule has 0 radical (unpaired) electrons. The lowest BCUT2D eigenvalue weighted by atomic mass is 10.1. The normalized spacial score (nSPS) is 14.2. The monoisotopic (exact) mass is 260 g/mol. The van der Waals surface area contributed by atoms with E-state index in [9.17, 15) is 8.42 Å². The van der Waals surface area contributed by atoms with Crippen LogP contribution in [0.2, 0.25) is 0 Å². The van der Waals surface area contributed by atoms with Crippen LogP contribution >= 0.6 is 0 Å². The molecule has 1 aromatic heterocycles. The third-order valence-electron chi connectivity index (χ3n) is 2.78. The van der Waals surface area contributed by atoms with Gasteiger partial charge in [0.2, 0.25) is 10.0 Å². The zero-order chi connectivity index (χ0) is 13.2. The van der Waals surface area contributed by atoms with Gasteiger partial charge in [0.05, 0.1) is 0 Å².